The van der Waals surface area contributed by atoms with Gasteiger partial charge in [-0.25, -0.2) is 4.79 Å². The highest BCUT2D eigenvalue weighted by atomic mass is 16.5. The van der Waals surface area contributed by atoms with Gasteiger partial charge in [0, 0.05) is 17.7 Å². The molecular weight excluding hydrogens is 552 g/mol. The zero-order valence-electron chi connectivity index (χ0n) is 24.8. The standard InChI is InChI=1S/C11H13NO2.C8H11N.C8H8O3.C5H12N2O2/c1-2-3-11(14)12-10-6-4-9(8-13)5-7-10;9-7-6-8-4-2-1-3-5-8;1-11-7-4-2-6(3-5-7)8(9)10;6-3-1-2-4(7)5(8)9/h4-8H,2-3H2,1H3,(H,12,14);1-5H,6-7,9H2;2-5H,1H3,(H,9,10);4H,1-3,6-7H2,(H,8,9). The first kappa shape index (κ1) is 38.4. The van der Waals surface area contributed by atoms with Crippen LogP contribution in [-0.2, 0) is 16.0 Å². The van der Waals surface area contributed by atoms with E-state index in [1.807, 2.05) is 25.1 Å². The highest BCUT2D eigenvalue weighted by Crippen LogP contribution is 2.11. The molecule has 0 aromatic heterocycles. The quantitative estimate of drug-likeness (QED) is 0.166. The van der Waals surface area contributed by atoms with Gasteiger partial charge in [-0.15, -0.1) is 0 Å². The van der Waals surface area contributed by atoms with Crippen LogP contribution in [0.1, 0.15) is 58.9 Å². The Morgan fingerprint density at radius 1 is 0.907 bits per heavy atom. The number of carboxylic acids is 2. The number of aldehydes is 1. The summed E-state index contributed by atoms with van der Waals surface area (Å²) < 4.78 is 4.86. The topological polar surface area (TPSA) is 208 Å². The number of methoxy groups -OCH3 is 1. The van der Waals surface area contributed by atoms with Gasteiger partial charge in [-0.2, -0.15) is 0 Å². The van der Waals surface area contributed by atoms with E-state index in [9.17, 15) is 19.2 Å². The highest BCUT2D eigenvalue weighted by Gasteiger charge is 2.08. The third-order valence-electron chi connectivity index (χ3n) is 5.46. The molecule has 0 aliphatic carbocycles. The number of carbonyl (C=O) groups is 4. The van der Waals surface area contributed by atoms with Gasteiger partial charge in [-0.05, 0) is 92.9 Å². The second kappa shape index (κ2) is 24.1. The summed E-state index contributed by atoms with van der Waals surface area (Å²) in [5, 5.41) is 19.5. The Hall–Kier alpha value is -4.58. The van der Waals surface area contributed by atoms with Crippen LogP contribution in [0.4, 0.5) is 5.69 Å². The number of hydrogen-bond acceptors (Lipinski definition) is 8. The third-order valence-corrected chi connectivity index (χ3v) is 5.46. The molecule has 43 heavy (non-hydrogen) atoms. The van der Waals surface area contributed by atoms with Gasteiger partial charge in [0.05, 0.1) is 12.7 Å². The maximum atomic E-state index is 11.2. The molecule has 1 atom stereocenters. The number of carbonyl (C=O) groups excluding carboxylic acids is 2. The summed E-state index contributed by atoms with van der Waals surface area (Å²) in [7, 11) is 1.54. The van der Waals surface area contributed by atoms with E-state index in [1.165, 1.54) is 24.8 Å². The van der Waals surface area contributed by atoms with Gasteiger partial charge in [-0.1, -0.05) is 37.3 Å². The van der Waals surface area contributed by atoms with Crippen molar-refractivity contribution in [3.05, 3.63) is 95.6 Å². The fourth-order valence-electron chi connectivity index (χ4n) is 3.10. The normalized spacial score (nSPS) is 10.2. The monoisotopic (exact) mass is 596 g/mol. The second-order valence-electron chi connectivity index (χ2n) is 8.97. The number of benzene rings is 3. The predicted octanol–water partition coefficient (Wildman–Crippen LogP) is 3.96. The Balaban J connectivity index is 0.000000557. The summed E-state index contributed by atoms with van der Waals surface area (Å²) >= 11 is 0. The highest BCUT2D eigenvalue weighted by molar-refractivity contribution is 5.91. The van der Waals surface area contributed by atoms with Crippen molar-refractivity contribution in [1.82, 2.24) is 0 Å². The molecule has 3 aromatic carbocycles. The van der Waals surface area contributed by atoms with Crippen LogP contribution in [0.15, 0.2) is 78.9 Å². The minimum atomic E-state index is -0.955. The van der Waals surface area contributed by atoms with E-state index in [0.29, 0.717) is 37.1 Å². The van der Waals surface area contributed by atoms with Crippen LogP contribution < -0.4 is 27.3 Å². The van der Waals surface area contributed by atoms with E-state index in [-0.39, 0.29) is 11.5 Å². The Labute approximate surface area is 253 Å². The summed E-state index contributed by atoms with van der Waals surface area (Å²) in [6.45, 7) is 3.19. The molecule has 0 radical (unpaired) electrons. The smallest absolute Gasteiger partial charge is 0.335 e. The van der Waals surface area contributed by atoms with Crippen molar-refractivity contribution in [2.24, 2.45) is 17.2 Å². The van der Waals surface area contributed by atoms with Crippen LogP contribution in [0, 0.1) is 0 Å². The van der Waals surface area contributed by atoms with Crippen molar-refractivity contribution in [1.29, 1.82) is 0 Å². The van der Waals surface area contributed by atoms with Gasteiger partial charge in [-0.3, -0.25) is 14.4 Å². The van der Waals surface area contributed by atoms with Gasteiger partial charge in [0.15, 0.2) is 0 Å². The lowest BCUT2D eigenvalue weighted by molar-refractivity contribution is -0.138. The molecule has 1 unspecified atom stereocenters. The fraction of sp³-hybridized carbons (Fsp3) is 0.312. The number of carboxylic acid groups (broad SMARTS) is 2. The third kappa shape index (κ3) is 19.2. The van der Waals surface area contributed by atoms with Gasteiger partial charge >= 0.3 is 11.9 Å². The van der Waals surface area contributed by atoms with Gasteiger partial charge < -0.3 is 37.5 Å². The number of aliphatic carboxylic acids is 1. The van der Waals surface area contributed by atoms with Crippen LogP contribution in [0.3, 0.4) is 0 Å². The minimum Gasteiger partial charge on any atom is -0.497 e. The second-order valence-corrected chi connectivity index (χ2v) is 8.97. The lowest BCUT2D eigenvalue weighted by Gasteiger charge is -2.03. The number of rotatable bonds is 12. The molecule has 0 saturated heterocycles. The number of aromatic carboxylic acids is 1. The largest absolute Gasteiger partial charge is 0.497 e. The van der Waals surface area contributed by atoms with Crippen molar-refractivity contribution >= 4 is 29.8 Å². The Morgan fingerprint density at radius 3 is 1.95 bits per heavy atom. The van der Waals surface area contributed by atoms with Crippen LogP contribution in [0.25, 0.3) is 0 Å². The van der Waals surface area contributed by atoms with Crippen LogP contribution >= 0.6 is 0 Å². The van der Waals surface area contributed by atoms with Crippen molar-refractivity contribution < 1.29 is 34.1 Å². The first-order valence-electron chi connectivity index (χ1n) is 13.8. The van der Waals surface area contributed by atoms with Crippen molar-refractivity contribution in [3.63, 3.8) is 0 Å². The number of hydrogen-bond donors (Lipinski definition) is 6. The van der Waals surface area contributed by atoms with E-state index < -0.39 is 18.0 Å². The Kier molecular flexibility index (Phi) is 21.5. The van der Waals surface area contributed by atoms with E-state index in [0.717, 1.165) is 31.4 Å². The molecule has 0 aliphatic rings. The maximum Gasteiger partial charge on any atom is 0.335 e. The molecule has 11 heteroatoms. The summed E-state index contributed by atoms with van der Waals surface area (Å²) in [6.07, 6.45) is 4.26. The zero-order valence-corrected chi connectivity index (χ0v) is 24.8. The number of amides is 1. The lowest BCUT2D eigenvalue weighted by Crippen LogP contribution is -2.30. The molecule has 0 saturated carbocycles. The summed E-state index contributed by atoms with van der Waals surface area (Å²) in [5.74, 6) is -1.21. The number of ether oxygens (including phenoxy) is 1. The van der Waals surface area contributed by atoms with Crippen LogP contribution in [0.2, 0.25) is 0 Å². The molecule has 0 aliphatic heterocycles. The Bertz CT molecular complexity index is 1190. The molecule has 3 aromatic rings. The summed E-state index contributed by atoms with van der Waals surface area (Å²) in [6, 6.07) is 22.5. The molecule has 9 N–H and O–H groups in total. The fourth-order valence-corrected chi connectivity index (χ4v) is 3.10. The van der Waals surface area contributed by atoms with E-state index in [4.69, 9.17) is 32.2 Å². The molecule has 3 rings (SSSR count). The molecular formula is C32H44N4O7. The molecule has 0 heterocycles. The summed E-state index contributed by atoms with van der Waals surface area (Å²) in [5.41, 5.74) is 18.6. The molecule has 1 amide bonds. The molecule has 0 spiro atoms. The molecule has 0 fully saturated rings. The first-order chi connectivity index (χ1) is 20.6. The van der Waals surface area contributed by atoms with Crippen LogP contribution in [-0.4, -0.2) is 60.6 Å². The van der Waals surface area contributed by atoms with Crippen molar-refractivity contribution in [2.45, 2.75) is 45.1 Å². The van der Waals surface area contributed by atoms with Crippen molar-refractivity contribution in [2.75, 3.05) is 25.5 Å². The number of nitrogens with two attached hydrogens (primary N) is 3. The van der Waals surface area contributed by atoms with Crippen molar-refractivity contribution in [3.8, 4) is 5.75 Å². The lowest BCUT2D eigenvalue weighted by atomic mass is 10.2. The molecule has 0 bridgehead atoms. The van der Waals surface area contributed by atoms with Gasteiger partial charge in [0.25, 0.3) is 0 Å². The van der Waals surface area contributed by atoms with Gasteiger partial charge in [0.1, 0.15) is 18.1 Å². The predicted molar refractivity (Wildman–Crippen MR) is 168 cm³/mol. The SMILES string of the molecule is CCCC(=O)Nc1ccc(C=O)cc1.COc1ccc(C(=O)O)cc1.NCCCC(N)C(=O)O.NCCc1ccccc1. The maximum absolute atomic E-state index is 11.2. The number of anilines is 1. The minimum absolute atomic E-state index is 0.00588. The van der Waals surface area contributed by atoms with E-state index >= 15 is 0 Å². The van der Waals surface area contributed by atoms with Crippen LogP contribution in [0.5, 0.6) is 5.75 Å². The van der Waals surface area contributed by atoms with E-state index in [2.05, 4.69) is 17.4 Å². The van der Waals surface area contributed by atoms with Gasteiger partial charge in [0.2, 0.25) is 5.91 Å². The average Bonchev–Trinajstić information content (AvgIpc) is 3.02. The average molecular weight is 597 g/mol. The zero-order chi connectivity index (χ0) is 32.5. The first-order valence-corrected chi connectivity index (χ1v) is 13.8. The molecule has 11 nitrogen and oxygen atoms in total. The number of nitrogens with one attached hydrogen (secondary N) is 1. The summed E-state index contributed by atoms with van der Waals surface area (Å²) in [4.78, 5) is 41.9. The molecule has 234 valence electrons. The van der Waals surface area contributed by atoms with E-state index in [1.54, 1.807) is 36.4 Å². The Morgan fingerprint density at radius 2 is 1.51 bits per heavy atom.